The van der Waals surface area contributed by atoms with E-state index in [0.717, 1.165) is 22.9 Å². The van der Waals surface area contributed by atoms with Crippen LogP contribution in [0.2, 0.25) is 4.34 Å². The van der Waals surface area contributed by atoms with Crippen molar-refractivity contribution in [3.63, 3.8) is 0 Å². The van der Waals surface area contributed by atoms with E-state index < -0.39 is 0 Å². The van der Waals surface area contributed by atoms with Gasteiger partial charge >= 0.3 is 0 Å². The van der Waals surface area contributed by atoms with Crippen LogP contribution in [0.3, 0.4) is 0 Å². The van der Waals surface area contributed by atoms with Gasteiger partial charge in [0.25, 0.3) is 5.91 Å². The molecule has 0 bridgehead atoms. The van der Waals surface area contributed by atoms with Gasteiger partial charge in [0.05, 0.1) is 17.0 Å². The van der Waals surface area contributed by atoms with Crippen LogP contribution in [0.5, 0.6) is 0 Å². The lowest BCUT2D eigenvalue weighted by Crippen LogP contribution is -2.41. The normalized spacial score (nSPS) is 16.5. The molecule has 2 atom stereocenters. The zero-order valence-electron chi connectivity index (χ0n) is 16.6. The Morgan fingerprint density at radius 3 is 2.66 bits per heavy atom. The molecule has 2 heterocycles. The van der Waals surface area contributed by atoms with Crippen LogP contribution in [0.15, 0.2) is 36.4 Å². The summed E-state index contributed by atoms with van der Waals surface area (Å²) < 4.78 is 5.95. The molecular formula is C21H26ClN3O3S. The largest absolute Gasteiger partial charge is 0.370 e. The summed E-state index contributed by atoms with van der Waals surface area (Å²) in [5.74, 6) is 0.214. The summed E-state index contributed by atoms with van der Waals surface area (Å²) in [5.41, 5.74) is 1.52. The SMILES string of the molecule is CNC(CC(C)Cc1ccc(Cl)s1)C(=O)Nc1ccc(N2CCOCC2=O)cc1. The zero-order valence-corrected chi connectivity index (χ0v) is 18.2. The molecule has 0 spiro atoms. The van der Waals surface area contributed by atoms with Crippen LogP contribution in [0.4, 0.5) is 11.4 Å². The Balaban J connectivity index is 1.55. The first kappa shape index (κ1) is 21.8. The molecule has 8 heteroatoms. The van der Waals surface area contributed by atoms with Crippen LogP contribution in [-0.4, -0.2) is 44.7 Å². The highest BCUT2D eigenvalue weighted by atomic mass is 35.5. The third kappa shape index (κ3) is 6.02. The lowest BCUT2D eigenvalue weighted by atomic mass is 9.97. The van der Waals surface area contributed by atoms with E-state index in [9.17, 15) is 9.59 Å². The summed E-state index contributed by atoms with van der Waals surface area (Å²) in [4.78, 5) is 27.6. The second-order valence-electron chi connectivity index (χ2n) is 7.23. The van der Waals surface area contributed by atoms with Crippen molar-refractivity contribution in [1.29, 1.82) is 0 Å². The number of carbonyl (C=O) groups excluding carboxylic acids is 2. The number of carbonyl (C=O) groups is 2. The van der Waals surface area contributed by atoms with E-state index in [1.807, 2.05) is 36.4 Å². The van der Waals surface area contributed by atoms with Gasteiger partial charge in [-0.25, -0.2) is 0 Å². The molecule has 2 unspecified atom stereocenters. The standard InChI is InChI=1S/C21H26ClN3O3S/c1-14(11-17-7-8-19(22)29-17)12-18(23-2)21(27)24-15-3-5-16(6-4-15)25-9-10-28-13-20(25)26/h3-8,14,18,23H,9-13H2,1-2H3,(H,24,27). The van der Waals surface area contributed by atoms with Gasteiger partial charge in [-0.2, -0.15) is 0 Å². The summed E-state index contributed by atoms with van der Waals surface area (Å²) in [6.07, 6.45) is 1.61. The van der Waals surface area contributed by atoms with Crippen LogP contribution >= 0.6 is 22.9 Å². The van der Waals surface area contributed by atoms with Crippen molar-refractivity contribution < 1.29 is 14.3 Å². The van der Waals surface area contributed by atoms with Crippen molar-refractivity contribution in [1.82, 2.24) is 5.32 Å². The molecule has 29 heavy (non-hydrogen) atoms. The fourth-order valence-corrected chi connectivity index (χ4v) is 4.64. The minimum absolute atomic E-state index is 0.0516. The molecule has 1 saturated heterocycles. The molecule has 0 saturated carbocycles. The van der Waals surface area contributed by atoms with E-state index >= 15 is 0 Å². The Kier molecular flexibility index (Phi) is 7.66. The molecule has 0 radical (unpaired) electrons. The van der Waals surface area contributed by atoms with Gasteiger partial charge < -0.3 is 20.3 Å². The van der Waals surface area contributed by atoms with Gasteiger partial charge in [-0.15, -0.1) is 11.3 Å². The molecular weight excluding hydrogens is 410 g/mol. The number of anilines is 2. The molecule has 0 aliphatic carbocycles. The molecule has 1 aromatic heterocycles. The van der Waals surface area contributed by atoms with Crippen molar-refractivity contribution in [3.8, 4) is 0 Å². The van der Waals surface area contributed by atoms with Gasteiger partial charge in [-0.3, -0.25) is 9.59 Å². The van der Waals surface area contributed by atoms with Crippen molar-refractivity contribution in [2.75, 3.05) is 37.0 Å². The topological polar surface area (TPSA) is 70.7 Å². The van der Waals surface area contributed by atoms with Gasteiger partial charge in [-0.05, 0) is 62.2 Å². The minimum Gasteiger partial charge on any atom is -0.370 e. The van der Waals surface area contributed by atoms with Crippen molar-refractivity contribution in [2.24, 2.45) is 5.92 Å². The van der Waals surface area contributed by atoms with E-state index in [1.54, 1.807) is 23.3 Å². The number of thiophene rings is 1. The maximum Gasteiger partial charge on any atom is 0.253 e. The molecule has 2 amide bonds. The summed E-state index contributed by atoms with van der Waals surface area (Å²) >= 11 is 7.58. The number of benzene rings is 1. The van der Waals surface area contributed by atoms with Gasteiger partial charge in [0, 0.05) is 22.8 Å². The van der Waals surface area contributed by atoms with Gasteiger partial charge in [0.15, 0.2) is 0 Å². The predicted molar refractivity (Wildman–Crippen MR) is 118 cm³/mol. The van der Waals surface area contributed by atoms with Crippen LogP contribution in [0.25, 0.3) is 0 Å². The monoisotopic (exact) mass is 435 g/mol. The number of halogens is 1. The first-order chi connectivity index (χ1) is 14.0. The average molecular weight is 436 g/mol. The number of rotatable bonds is 8. The lowest BCUT2D eigenvalue weighted by molar-refractivity contribution is -0.125. The average Bonchev–Trinajstić information content (AvgIpc) is 3.11. The molecule has 1 aliphatic heterocycles. The Hall–Kier alpha value is -1.93. The van der Waals surface area contributed by atoms with Gasteiger partial charge in [0.1, 0.15) is 6.61 Å². The third-order valence-electron chi connectivity index (χ3n) is 4.91. The molecule has 1 fully saturated rings. The van der Waals surface area contributed by atoms with E-state index in [4.69, 9.17) is 16.3 Å². The quantitative estimate of drug-likeness (QED) is 0.665. The number of likely N-dealkylation sites (N-methyl/N-ethyl adjacent to an activating group) is 1. The highest BCUT2D eigenvalue weighted by Gasteiger charge is 2.22. The van der Waals surface area contributed by atoms with Crippen LogP contribution < -0.4 is 15.5 Å². The van der Waals surface area contributed by atoms with E-state index in [2.05, 4.69) is 17.6 Å². The first-order valence-corrected chi connectivity index (χ1v) is 10.9. The highest BCUT2D eigenvalue weighted by Crippen LogP contribution is 2.25. The Morgan fingerprint density at radius 2 is 2.03 bits per heavy atom. The fraction of sp³-hybridized carbons (Fsp3) is 0.429. The predicted octanol–water partition coefficient (Wildman–Crippen LogP) is 3.56. The molecule has 3 rings (SSSR count). The lowest BCUT2D eigenvalue weighted by Gasteiger charge is -2.27. The van der Waals surface area contributed by atoms with E-state index in [1.165, 1.54) is 4.88 Å². The fourth-order valence-electron chi connectivity index (χ4n) is 3.39. The third-order valence-corrected chi connectivity index (χ3v) is 6.17. The number of nitrogens with zero attached hydrogens (tertiary/aromatic N) is 1. The Bertz CT molecular complexity index is 840. The van der Waals surface area contributed by atoms with Crippen molar-refractivity contribution in [2.45, 2.75) is 25.8 Å². The number of morpholine rings is 1. The Morgan fingerprint density at radius 1 is 1.28 bits per heavy atom. The van der Waals surface area contributed by atoms with E-state index in [-0.39, 0.29) is 24.5 Å². The van der Waals surface area contributed by atoms with Crippen LogP contribution in [-0.2, 0) is 20.7 Å². The summed E-state index contributed by atoms with van der Waals surface area (Å²) in [6, 6.07) is 11.0. The van der Waals surface area contributed by atoms with Crippen LogP contribution in [0.1, 0.15) is 18.2 Å². The first-order valence-electron chi connectivity index (χ1n) is 9.66. The van der Waals surface area contributed by atoms with Crippen LogP contribution in [0, 0.1) is 5.92 Å². The second kappa shape index (κ2) is 10.2. The van der Waals surface area contributed by atoms with Crippen molar-refractivity contribution in [3.05, 3.63) is 45.6 Å². The Labute approximate surface area is 180 Å². The van der Waals surface area contributed by atoms with Gasteiger partial charge in [-0.1, -0.05) is 18.5 Å². The summed E-state index contributed by atoms with van der Waals surface area (Å²) in [7, 11) is 1.80. The zero-order chi connectivity index (χ0) is 20.8. The number of amides is 2. The molecule has 6 nitrogen and oxygen atoms in total. The highest BCUT2D eigenvalue weighted by molar-refractivity contribution is 7.16. The summed E-state index contributed by atoms with van der Waals surface area (Å²) in [6.45, 7) is 3.32. The molecule has 1 aliphatic rings. The van der Waals surface area contributed by atoms with Gasteiger partial charge in [0.2, 0.25) is 5.91 Å². The van der Waals surface area contributed by atoms with E-state index in [0.29, 0.717) is 24.8 Å². The number of nitrogens with one attached hydrogen (secondary N) is 2. The number of ether oxygens (including phenoxy) is 1. The molecule has 1 aromatic carbocycles. The smallest absolute Gasteiger partial charge is 0.253 e. The number of hydrogen-bond acceptors (Lipinski definition) is 5. The summed E-state index contributed by atoms with van der Waals surface area (Å²) in [5, 5.41) is 6.07. The maximum absolute atomic E-state index is 12.7. The molecule has 2 N–H and O–H groups in total. The van der Waals surface area contributed by atoms with Crippen molar-refractivity contribution >= 4 is 46.1 Å². The number of hydrogen-bond donors (Lipinski definition) is 2. The maximum atomic E-state index is 12.7. The second-order valence-corrected chi connectivity index (χ2v) is 9.03. The minimum atomic E-state index is -0.291. The molecule has 156 valence electrons. The molecule has 2 aromatic rings.